The molecule has 1 heterocycles. The van der Waals surface area contributed by atoms with Gasteiger partial charge >= 0.3 is 5.97 Å². The highest BCUT2D eigenvalue weighted by molar-refractivity contribution is 9.10. The van der Waals surface area contributed by atoms with Crippen LogP contribution in [-0.2, 0) is 32.7 Å². The number of carbonyl (C=O) groups excluding carboxylic acids is 1. The Bertz CT molecular complexity index is 1160. The van der Waals surface area contributed by atoms with E-state index < -0.39 is 16.0 Å². The molecule has 0 amide bonds. The number of fused-ring (bicyclic) bond motifs is 1. The minimum atomic E-state index is -3.56. The zero-order valence-corrected chi connectivity index (χ0v) is 19.2. The Morgan fingerprint density at radius 2 is 1.87 bits per heavy atom. The lowest BCUT2D eigenvalue weighted by Crippen LogP contribution is -2.22. The van der Waals surface area contributed by atoms with Crippen LogP contribution in [0.25, 0.3) is 11.0 Å². The molecule has 0 spiro atoms. The van der Waals surface area contributed by atoms with Gasteiger partial charge in [0.05, 0.1) is 15.9 Å². The molecule has 30 heavy (non-hydrogen) atoms. The Morgan fingerprint density at radius 1 is 1.17 bits per heavy atom. The van der Waals surface area contributed by atoms with E-state index >= 15 is 0 Å². The molecular weight excluding hydrogens is 474 g/mol. The molecule has 0 N–H and O–H groups in total. The highest BCUT2D eigenvalue weighted by Gasteiger charge is 2.20. The van der Waals surface area contributed by atoms with Gasteiger partial charge in [0, 0.05) is 25.1 Å². The van der Waals surface area contributed by atoms with Crippen LogP contribution in [0.3, 0.4) is 0 Å². The van der Waals surface area contributed by atoms with Crippen molar-refractivity contribution in [2.75, 3.05) is 20.7 Å². The molecular formula is C20H22BrN3O5S. The summed E-state index contributed by atoms with van der Waals surface area (Å²) in [7, 11) is -0.606. The maximum Gasteiger partial charge on any atom is 0.344 e. The van der Waals surface area contributed by atoms with Gasteiger partial charge in [-0.15, -0.1) is 0 Å². The van der Waals surface area contributed by atoms with Gasteiger partial charge in [-0.05, 0) is 49.4 Å². The summed E-state index contributed by atoms with van der Waals surface area (Å²) < 4.78 is 39.4. The standard InChI is InChI=1S/C20H22BrN3O5S/c1-4-24-18-10-9-16(30(26,27)23(2)3)11-17(18)22-19(24)12-29-20(25)13-28-15-7-5-14(21)6-8-15/h5-11H,4,12-13H2,1-3H3. The quantitative estimate of drug-likeness (QED) is 0.445. The first-order valence-electron chi connectivity index (χ1n) is 9.18. The van der Waals surface area contributed by atoms with Gasteiger partial charge in [-0.2, -0.15) is 0 Å². The van der Waals surface area contributed by atoms with E-state index in [0.717, 1.165) is 14.3 Å². The van der Waals surface area contributed by atoms with E-state index in [1.165, 1.54) is 20.2 Å². The second-order valence-corrected chi connectivity index (χ2v) is 9.68. The summed E-state index contributed by atoms with van der Waals surface area (Å²) in [6.07, 6.45) is 0. The SMILES string of the molecule is CCn1c(COC(=O)COc2ccc(Br)cc2)nc2cc(S(=O)(=O)N(C)C)ccc21. The number of rotatable bonds is 8. The summed E-state index contributed by atoms with van der Waals surface area (Å²) in [5.41, 5.74) is 1.30. The average Bonchev–Trinajstić information content (AvgIpc) is 3.08. The first kappa shape index (κ1) is 22.3. The Balaban J connectivity index is 1.72. The van der Waals surface area contributed by atoms with Gasteiger partial charge in [-0.3, -0.25) is 0 Å². The Labute approximate surface area is 183 Å². The van der Waals surface area contributed by atoms with E-state index in [1.54, 1.807) is 24.3 Å². The zero-order valence-electron chi connectivity index (χ0n) is 16.8. The van der Waals surface area contributed by atoms with E-state index in [-0.39, 0.29) is 18.1 Å². The van der Waals surface area contributed by atoms with Crippen molar-refractivity contribution >= 4 is 43.0 Å². The van der Waals surface area contributed by atoms with Crippen LogP contribution in [0.1, 0.15) is 12.7 Å². The molecule has 0 bridgehead atoms. The van der Waals surface area contributed by atoms with Crippen molar-refractivity contribution in [3.05, 3.63) is 52.8 Å². The van der Waals surface area contributed by atoms with Crippen molar-refractivity contribution in [2.45, 2.75) is 25.0 Å². The van der Waals surface area contributed by atoms with Crippen LogP contribution in [0.15, 0.2) is 51.8 Å². The number of sulfonamides is 1. The van der Waals surface area contributed by atoms with Crippen LogP contribution in [0.4, 0.5) is 0 Å². The third-order valence-corrected chi connectivity index (χ3v) is 6.77. The molecule has 0 aliphatic rings. The van der Waals surface area contributed by atoms with Crippen LogP contribution >= 0.6 is 15.9 Å². The number of carbonyl (C=O) groups is 1. The fourth-order valence-electron chi connectivity index (χ4n) is 2.85. The largest absolute Gasteiger partial charge is 0.482 e. The lowest BCUT2D eigenvalue weighted by Gasteiger charge is -2.11. The number of benzene rings is 2. The van der Waals surface area contributed by atoms with E-state index in [9.17, 15) is 13.2 Å². The number of ether oxygens (including phenoxy) is 2. The molecule has 8 nitrogen and oxygen atoms in total. The number of hydrogen-bond acceptors (Lipinski definition) is 6. The second kappa shape index (κ2) is 9.15. The number of halogens is 1. The summed E-state index contributed by atoms with van der Waals surface area (Å²) in [6.45, 7) is 2.27. The monoisotopic (exact) mass is 495 g/mol. The maximum atomic E-state index is 12.4. The molecule has 2 aromatic carbocycles. The van der Waals surface area contributed by atoms with Gasteiger partial charge in [-0.25, -0.2) is 22.5 Å². The van der Waals surface area contributed by atoms with Crippen molar-refractivity contribution < 1.29 is 22.7 Å². The van der Waals surface area contributed by atoms with E-state index in [2.05, 4.69) is 20.9 Å². The molecule has 3 aromatic rings. The van der Waals surface area contributed by atoms with Crippen molar-refractivity contribution in [3.8, 4) is 5.75 Å². The third-order valence-electron chi connectivity index (χ3n) is 4.43. The maximum absolute atomic E-state index is 12.4. The van der Waals surface area contributed by atoms with Crippen molar-refractivity contribution in [1.82, 2.24) is 13.9 Å². The molecule has 10 heteroatoms. The smallest absolute Gasteiger partial charge is 0.344 e. The highest BCUT2D eigenvalue weighted by Crippen LogP contribution is 2.22. The van der Waals surface area contributed by atoms with Gasteiger partial charge in [-0.1, -0.05) is 15.9 Å². The minimum absolute atomic E-state index is 0.0409. The summed E-state index contributed by atoms with van der Waals surface area (Å²) in [5.74, 6) is 0.568. The number of aryl methyl sites for hydroxylation is 1. The number of nitrogens with zero attached hydrogens (tertiary/aromatic N) is 3. The van der Waals surface area contributed by atoms with Gasteiger partial charge in [0.25, 0.3) is 0 Å². The van der Waals surface area contributed by atoms with Crippen LogP contribution < -0.4 is 4.74 Å². The Hall–Kier alpha value is -2.43. The summed E-state index contributed by atoms with van der Waals surface area (Å²) in [6, 6.07) is 11.9. The molecule has 0 aliphatic carbocycles. The van der Waals surface area contributed by atoms with Crippen LogP contribution in [-0.4, -0.2) is 48.9 Å². The number of hydrogen-bond donors (Lipinski definition) is 0. The second-order valence-electron chi connectivity index (χ2n) is 6.61. The van der Waals surface area contributed by atoms with Crippen LogP contribution in [0, 0.1) is 0 Å². The van der Waals surface area contributed by atoms with Crippen LogP contribution in [0.5, 0.6) is 5.75 Å². The highest BCUT2D eigenvalue weighted by atomic mass is 79.9. The van der Waals surface area contributed by atoms with E-state index in [4.69, 9.17) is 9.47 Å². The Morgan fingerprint density at radius 3 is 2.50 bits per heavy atom. The molecule has 0 fully saturated rings. The number of imidazole rings is 1. The zero-order chi connectivity index (χ0) is 21.9. The minimum Gasteiger partial charge on any atom is -0.482 e. The fourth-order valence-corrected chi connectivity index (χ4v) is 4.04. The molecule has 0 aliphatic heterocycles. The van der Waals surface area contributed by atoms with Crippen molar-refractivity contribution in [2.24, 2.45) is 0 Å². The Kier molecular flexibility index (Phi) is 6.79. The average molecular weight is 496 g/mol. The molecule has 0 saturated heterocycles. The van der Waals surface area contributed by atoms with Gasteiger partial charge in [0.2, 0.25) is 10.0 Å². The van der Waals surface area contributed by atoms with Gasteiger partial charge in [0.1, 0.15) is 18.2 Å². The van der Waals surface area contributed by atoms with Crippen LogP contribution in [0.2, 0.25) is 0 Å². The molecule has 0 unspecified atom stereocenters. The summed E-state index contributed by atoms with van der Waals surface area (Å²) in [4.78, 5) is 16.7. The predicted molar refractivity (Wildman–Crippen MR) is 116 cm³/mol. The van der Waals surface area contributed by atoms with E-state index in [0.29, 0.717) is 23.6 Å². The number of esters is 1. The first-order valence-corrected chi connectivity index (χ1v) is 11.4. The van der Waals surface area contributed by atoms with Gasteiger partial charge < -0.3 is 14.0 Å². The molecule has 0 radical (unpaired) electrons. The lowest BCUT2D eigenvalue weighted by atomic mass is 10.3. The molecule has 0 atom stereocenters. The number of aromatic nitrogens is 2. The van der Waals surface area contributed by atoms with Crippen molar-refractivity contribution in [3.63, 3.8) is 0 Å². The molecule has 160 valence electrons. The third kappa shape index (κ3) is 4.82. The topological polar surface area (TPSA) is 90.7 Å². The van der Waals surface area contributed by atoms with E-state index in [1.807, 2.05) is 23.6 Å². The first-order chi connectivity index (χ1) is 14.2. The van der Waals surface area contributed by atoms with Gasteiger partial charge in [0.15, 0.2) is 6.61 Å². The fraction of sp³-hybridized carbons (Fsp3) is 0.300. The van der Waals surface area contributed by atoms with Crippen molar-refractivity contribution in [1.29, 1.82) is 0 Å². The molecule has 1 aromatic heterocycles. The lowest BCUT2D eigenvalue weighted by molar-refractivity contribution is -0.147. The molecule has 0 saturated carbocycles. The summed E-state index contributed by atoms with van der Waals surface area (Å²) in [5, 5.41) is 0. The normalized spacial score (nSPS) is 11.8. The predicted octanol–water partition coefficient (Wildman–Crippen LogP) is 3.19. The summed E-state index contributed by atoms with van der Waals surface area (Å²) >= 11 is 3.33. The molecule has 3 rings (SSSR count).